The Hall–Kier alpha value is -0.610. The smallest absolute Gasteiger partial charge is 0.303 e. The molecule has 0 spiro atoms. The number of carboxylic acid groups (broad SMARTS) is 1. The summed E-state index contributed by atoms with van der Waals surface area (Å²) in [7, 11) is 0. The van der Waals surface area contributed by atoms with E-state index in [0.717, 1.165) is 58.3 Å². The van der Waals surface area contributed by atoms with Crippen molar-refractivity contribution in [3.63, 3.8) is 0 Å². The molecule has 0 saturated carbocycles. The lowest BCUT2D eigenvalue weighted by Crippen LogP contribution is -2.37. The Kier molecular flexibility index (Phi) is 7.21. The number of hydrogen-bond donors (Lipinski definition) is 1. The molecule has 17 heavy (non-hydrogen) atoms. The summed E-state index contributed by atoms with van der Waals surface area (Å²) in [5, 5.41) is 8.52. The maximum Gasteiger partial charge on any atom is 0.303 e. The van der Waals surface area contributed by atoms with Crippen LogP contribution in [0.15, 0.2) is 0 Å². The Labute approximate surface area is 104 Å². The van der Waals surface area contributed by atoms with Gasteiger partial charge in [0.2, 0.25) is 0 Å². The van der Waals surface area contributed by atoms with E-state index in [2.05, 4.69) is 11.8 Å². The number of piperidine rings is 1. The third-order valence-electron chi connectivity index (χ3n) is 3.30. The van der Waals surface area contributed by atoms with E-state index in [-0.39, 0.29) is 0 Å². The largest absolute Gasteiger partial charge is 0.481 e. The lowest BCUT2D eigenvalue weighted by molar-refractivity contribution is -0.137. The number of carbonyl (C=O) groups is 1. The normalized spacial score (nSPS) is 18.4. The predicted molar refractivity (Wildman–Crippen MR) is 67.2 cm³/mol. The molecule has 1 aliphatic rings. The molecule has 1 aliphatic heterocycles. The molecule has 100 valence electrons. The van der Waals surface area contributed by atoms with Crippen molar-refractivity contribution in [1.29, 1.82) is 0 Å². The summed E-state index contributed by atoms with van der Waals surface area (Å²) < 4.78 is 5.61. The zero-order valence-electron chi connectivity index (χ0n) is 10.9. The highest BCUT2D eigenvalue weighted by atomic mass is 16.5. The summed E-state index contributed by atoms with van der Waals surface area (Å²) >= 11 is 0. The molecule has 0 aromatic heterocycles. The lowest BCUT2D eigenvalue weighted by Gasteiger charge is -2.31. The summed E-state index contributed by atoms with van der Waals surface area (Å²) in [5.74, 6) is -0.678. The third kappa shape index (κ3) is 6.64. The van der Waals surface area contributed by atoms with Gasteiger partial charge in [0.15, 0.2) is 0 Å². The molecule has 1 fully saturated rings. The second-order valence-corrected chi connectivity index (χ2v) is 4.70. The van der Waals surface area contributed by atoms with Crippen molar-refractivity contribution in [1.82, 2.24) is 4.90 Å². The van der Waals surface area contributed by atoms with E-state index >= 15 is 0 Å². The molecule has 0 aromatic carbocycles. The number of rotatable bonds is 8. The molecular weight excluding hydrogens is 218 g/mol. The van der Waals surface area contributed by atoms with E-state index in [4.69, 9.17) is 9.84 Å². The van der Waals surface area contributed by atoms with E-state index in [1.54, 1.807) is 0 Å². The van der Waals surface area contributed by atoms with Gasteiger partial charge < -0.3 is 14.7 Å². The molecule has 1 N–H and O–H groups in total. The van der Waals surface area contributed by atoms with Crippen molar-refractivity contribution in [2.75, 3.05) is 26.2 Å². The fraction of sp³-hybridized carbons (Fsp3) is 0.923. The minimum Gasteiger partial charge on any atom is -0.481 e. The van der Waals surface area contributed by atoms with Gasteiger partial charge in [0.25, 0.3) is 0 Å². The van der Waals surface area contributed by atoms with Crippen LogP contribution in [0.5, 0.6) is 0 Å². The predicted octanol–water partition coefficient (Wildman–Crippen LogP) is 2.13. The standard InChI is InChI=1S/C13H25NO3/c1-2-17-12-7-10-14(11-8-12)9-5-3-4-6-13(15)16/h12H,2-11H2,1H3,(H,15,16). The summed E-state index contributed by atoms with van der Waals surface area (Å²) in [6.07, 6.45) is 6.01. The number of nitrogens with zero attached hydrogens (tertiary/aromatic N) is 1. The van der Waals surface area contributed by atoms with Gasteiger partial charge in [-0.3, -0.25) is 4.79 Å². The highest BCUT2D eigenvalue weighted by Gasteiger charge is 2.18. The zero-order chi connectivity index (χ0) is 12.5. The van der Waals surface area contributed by atoms with Crippen LogP contribution in [0.2, 0.25) is 0 Å². The molecule has 0 aromatic rings. The van der Waals surface area contributed by atoms with Crippen LogP contribution in [0.4, 0.5) is 0 Å². The molecule has 4 heteroatoms. The van der Waals surface area contributed by atoms with Gasteiger partial charge in [-0.2, -0.15) is 0 Å². The van der Waals surface area contributed by atoms with Crippen molar-refractivity contribution >= 4 is 5.97 Å². The quantitative estimate of drug-likeness (QED) is 0.663. The highest BCUT2D eigenvalue weighted by molar-refractivity contribution is 5.66. The Morgan fingerprint density at radius 2 is 2.00 bits per heavy atom. The van der Waals surface area contributed by atoms with Gasteiger partial charge in [-0.05, 0) is 39.2 Å². The van der Waals surface area contributed by atoms with E-state index in [1.165, 1.54) is 0 Å². The number of likely N-dealkylation sites (tertiary alicyclic amines) is 1. The summed E-state index contributed by atoms with van der Waals surface area (Å²) in [6, 6.07) is 0. The molecule has 0 aliphatic carbocycles. The van der Waals surface area contributed by atoms with Gasteiger partial charge >= 0.3 is 5.97 Å². The molecule has 0 atom stereocenters. The maximum atomic E-state index is 10.3. The third-order valence-corrected chi connectivity index (χ3v) is 3.30. The van der Waals surface area contributed by atoms with Gasteiger partial charge in [0.1, 0.15) is 0 Å². The van der Waals surface area contributed by atoms with Crippen LogP contribution in [0.3, 0.4) is 0 Å². The van der Waals surface area contributed by atoms with Crippen LogP contribution in [-0.4, -0.2) is 48.3 Å². The second kappa shape index (κ2) is 8.48. The minimum atomic E-state index is -0.678. The van der Waals surface area contributed by atoms with E-state index < -0.39 is 5.97 Å². The monoisotopic (exact) mass is 243 g/mol. The van der Waals surface area contributed by atoms with Crippen molar-refractivity contribution in [2.24, 2.45) is 0 Å². The van der Waals surface area contributed by atoms with Gasteiger partial charge in [0.05, 0.1) is 6.10 Å². The molecular formula is C13H25NO3. The first kappa shape index (κ1) is 14.5. The Bertz CT molecular complexity index is 213. The Morgan fingerprint density at radius 1 is 1.29 bits per heavy atom. The first-order chi connectivity index (χ1) is 8.22. The molecule has 1 heterocycles. The Morgan fingerprint density at radius 3 is 2.59 bits per heavy atom. The van der Waals surface area contributed by atoms with Crippen molar-refractivity contribution in [3.05, 3.63) is 0 Å². The van der Waals surface area contributed by atoms with Crippen LogP contribution < -0.4 is 0 Å². The summed E-state index contributed by atoms with van der Waals surface area (Å²) in [4.78, 5) is 12.8. The summed E-state index contributed by atoms with van der Waals surface area (Å²) in [5.41, 5.74) is 0. The molecule has 0 amide bonds. The SMILES string of the molecule is CCOC1CCN(CCCCCC(=O)O)CC1. The van der Waals surface area contributed by atoms with Crippen LogP contribution in [0, 0.1) is 0 Å². The zero-order valence-corrected chi connectivity index (χ0v) is 10.9. The first-order valence-electron chi connectivity index (χ1n) is 6.78. The van der Waals surface area contributed by atoms with Gasteiger partial charge in [-0.25, -0.2) is 0 Å². The second-order valence-electron chi connectivity index (χ2n) is 4.70. The fourth-order valence-corrected chi connectivity index (χ4v) is 2.32. The first-order valence-corrected chi connectivity index (χ1v) is 6.78. The van der Waals surface area contributed by atoms with Crippen molar-refractivity contribution in [3.8, 4) is 0 Å². The highest BCUT2D eigenvalue weighted by Crippen LogP contribution is 2.14. The van der Waals surface area contributed by atoms with Gasteiger partial charge in [-0.15, -0.1) is 0 Å². The number of carboxylic acids is 1. The van der Waals surface area contributed by atoms with E-state index in [0.29, 0.717) is 12.5 Å². The molecule has 0 unspecified atom stereocenters. The van der Waals surface area contributed by atoms with Crippen LogP contribution in [0.1, 0.15) is 45.4 Å². The minimum absolute atomic E-state index is 0.312. The summed E-state index contributed by atoms with van der Waals surface area (Å²) in [6.45, 7) is 6.24. The topological polar surface area (TPSA) is 49.8 Å². The fourth-order valence-electron chi connectivity index (χ4n) is 2.32. The van der Waals surface area contributed by atoms with Gasteiger partial charge in [-0.1, -0.05) is 6.42 Å². The number of hydrogen-bond acceptors (Lipinski definition) is 3. The van der Waals surface area contributed by atoms with E-state index in [9.17, 15) is 4.79 Å². The Balaban J connectivity index is 1.97. The maximum absolute atomic E-state index is 10.3. The van der Waals surface area contributed by atoms with Crippen molar-refractivity contribution in [2.45, 2.75) is 51.6 Å². The lowest BCUT2D eigenvalue weighted by atomic mass is 10.1. The molecule has 0 radical (unpaired) electrons. The van der Waals surface area contributed by atoms with E-state index in [1.807, 2.05) is 0 Å². The molecule has 4 nitrogen and oxygen atoms in total. The number of unbranched alkanes of at least 4 members (excludes halogenated alkanes) is 2. The average Bonchev–Trinajstić information content (AvgIpc) is 2.31. The van der Waals surface area contributed by atoms with Crippen LogP contribution in [-0.2, 0) is 9.53 Å². The molecule has 1 rings (SSSR count). The van der Waals surface area contributed by atoms with Gasteiger partial charge in [0, 0.05) is 26.1 Å². The number of ether oxygens (including phenoxy) is 1. The average molecular weight is 243 g/mol. The molecule has 1 saturated heterocycles. The van der Waals surface area contributed by atoms with Crippen molar-refractivity contribution < 1.29 is 14.6 Å². The number of aliphatic carboxylic acids is 1. The van der Waals surface area contributed by atoms with Crippen LogP contribution in [0.25, 0.3) is 0 Å². The molecule has 0 bridgehead atoms. The van der Waals surface area contributed by atoms with Crippen LogP contribution >= 0.6 is 0 Å².